The van der Waals surface area contributed by atoms with Gasteiger partial charge in [0.1, 0.15) is 0 Å². The van der Waals surface area contributed by atoms with Gasteiger partial charge in [0.25, 0.3) is 5.91 Å². The third-order valence-electron chi connectivity index (χ3n) is 4.33. The first-order valence-corrected chi connectivity index (χ1v) is 8.93. The first kappa shape index (κ1) is 18.9. The average Bonchev–Trinajstić information content (AvgIpc) is 3.19. The van der Waals surface area contributed by atoms with Crippen molar-refractivity contribution >= 4 is 30.1 Å². The van der Waals surface area contributed by atoms with Gasteiger partial charge in [-0.1, -0.05) is 18.2 Å². The molecule has 1 aliphatic rings. The Morgan fingerprint density at radius 1 is 1.33 bits per heavy atom. The van der Waals surface area contributed by atoms with Crippen molar-refractivity contribution in [2.75, 3.05) is 13.1 Å². The Balaban J connectivity index is 0.00000208. The summed E-state index contributed by atoms with van der Waals surface area (Å²) < 4.78 is 5.51. The molecule has 2 atom stereocenters. The Kier molecular flexibility index (Phi) is 6.78. The van der Waals surface area contributed by atoms with Crippen LogP contribution in [0.3, 0.4) is 0 Å². The van der Waals surface area contributed by atoms with E-state index in [1.807, 2.05) is 29.2 Å². The standard InChI is InChI=1S/C18H22N2O2S.ClH/c1-13-9-14(10-19)11-20(13)18(21)17-15(7-8-22-17)12-23-16-5-3-2-4-6-16;/h2-8,13-14H,9-12,19H2,1H3;1H. The normalized spacial score (nSPS) is 20.0. The van der Waals surface area contributed by atoms with Crippen molar-refractivity contribution in [2.45, 2.75) is 30.0 Å². The number of carbonyl (C=O) groups is 1. The van der Waals surface area contributed by atoms with Crippen molar-refractivity contribution in [2.24, 2.45) is 11.7 Å². The number of amides is 1. The molecule has 24 heavy (non-hydrogen) atoms. The van der Waals surface area contributed by atoms with Gasteiger partial charge in [-0.15, -0.1) is 24.2 Å². The highest BCUT2D eigenvalue weighted by atomic mass is 35.5. The van der Waals surface area contributed by atoms with Crippen molar-refractivity contribution in [1.29, 1.82) is 0 Å². The smallest absolute Gasteiger partial charge is 0.290 e. The van der Waals surface area contributed by atoms with Crippen LogP contribution in [0.15, 0.2) is 52.0 Å². The molecule has 2 aromatic rings. The minimum atomic E-state index is -0.0119. The van der Waals surface area contributed by atoms with Crippen molar-refractivity contribution in [3.63, 3.8) is 0 Å². The SMILES string of the molecule is CC1CC(CN)CN1C(=O)c1occc1CSc1ccccc1.Cl. The van der Waals surface area contributed by atoms with E-state index in [0.29, 0.717) is 18.2 Å². The van der Waals surface area contributed by atoms with E-state index < -0.39 is 0 Å². The van der Waals surface area contributed by atoms with Gasteiger partial charge in [0, 0.05) is 28.8 Å². The van der Waals surface area contributed by atoms with Gasteiger partial charge in [-0.2, -0.15) is 0 Å². The number of thioether (sulfide) groups is 1. The molecule has 130 valence electrons. The number of benzene rings is 1. The quantitative estimate of drug-likeness (QED) is 0.817. The maximum Gasteiger partial charge on any atom is 0.290 e. The fourth-order valence-electron chi connectivity index (χ4n) is 3.04. The lowest BCUT2D eigenvalue weighted by Gasteiger charge is -2.20. The molecule has 6 heteroatoms. The largest absolute Gasteiger partial charge is 0.459 e. The molecule has 2 unspecified atom stereocenters. The number of halogens is 1. The van der Waals surface area contributed by atoms with Crippen molar-refractivity contribution in [1.82, 2.24) is 4.90 Å². The molecule has 0 saturated carbocycles. The van der Waals surface area contributed by atoms with Crippen LogP contribution in [0.1, 0.15) is 29.5 Å². The molecule has 3 rings (SSSR count). The first-order chi connectivity index (χ1) is 11.2. The van der Waals surface area contributed by atoms with Gasteiger partial charge < -0.3 is 15.1 Å². The Morgan fingerprint density at radius 2 is 2.08 bits per heavy atom. The van der Waals surface area contributed by atoms with Gasteiger partial charge in [0.15, 0.2) is 5.76 Å². The average molecular weight is 367 g/mol. The van der Waals surface area contributed by atoms with E-state index in [9.17, 15) is 4.79 Å². The predicted molar refractivity (Wildman–Crippen MR) is 99.6 cm³/mol. The lowest BCUT2D eigenvalue weighted by atomic mass is 10.1. The van der Waals surface area contributed by atoms with Crippen LogP contribution in [0.5, 0.6) is 0 Å². The van der Waals surface area contributed by atoms with Crippen LogP contribution >= 0.6 is 24.2 Å². The van der Waals surface area contributed by atoms with Crippen molar-refractivity contribution in [3.8, 4) is 0 Å². The monoisotopic (exact) mass is 366 g/mol. The fourth-order valence-corrected chi connectivity index (χ4v) is 3.94. The predicted octanol–water partition coefficient (Wildman–Crippen LogP) is 3.80. The Labute approximate surface area is 153 Å². The van der Waals surface area contributed by atoms with Gasteiger partial charge >= 0.3 is 0 Å². The zero-order valence-electron chi connectivity index (χ0n) is 13.7. The highest BCUT2D eigenvalue weighted by Gasteiger charge is 2.34. The summed E-state index contributed by atoms with van der Waals surface area (Å²) in [6.07, 6.45) is 2.58. The molecule has 1 amide bonds. The summed E-state index contributed by atoms with van der Waals surface area (Å²) in [5.74, 6) is 1.58. The van der Waals surface area contributed by atoms with E-state index in [4.69, 9.17) is 10.2 Å². The summed E-state index contributed by atoms with van der Waals surface area (Å²) in [6, 6.07) is 12.3. The maximum atomic E-state index is 12.8. The minimum Gasteiger partial charge on any atom is -0.459 e. The number of hydrogen-bond donors (Lipinski definition) is 1. The van der Waals surface area contributed by atoms with Crippen molar-refractivity contribution in [3.05, 3.63) is 54.0 Å². The van der Waals surface area contributed by atoms with Gasteiger partial charge in [-0.05, 0) is 44.0 Å². The summed E-state index contributed by atoms with van der Waals surface area (Å²) in [5, 5.41) is 0. The molecule has 4 nitrogen and oxygen atoms in total. The molecule has 2 N–H and O–H groups in total. The number of hydrogen-bond acceptors (Lipinski definition) is 4. The molecule has 1 aromatic carbocycles. The molecule has 1 aromatic heterocycles. The topological polar surface area (TPSA) is 59.5 Å². The van der Waals surface area contributed by atoms with Crippen LogP contribution in [0.4, 0.5) is 0 Å². The molecule has 1 aliphatic heterocycles. The van der Waals surface area contributed by atoms with E-state index in [2.05, 4.69) is 19.1 Å². The zero-order chi connectivity index (χ0) is 16.2. The second kappa shape index (κ2) is 8.60. The third kappa shape index (κ3) is 4.15. The summed E-state index contributed by atoms with van der Waals surface area (Å²) in [7, 11) is 0. The van der Waals surface area contributed by atoms with Crippen LogP contribution in [-0.4, -0.2) is 29.9 Å². The van der Waals surface area contributed by atoms with Crippen LogP contribution in [0.25, 0.3) is 0 Å². The Morgan fingerprint density at radius 3 is 2.75 bits per heavy atom. The molecule has 1 fully saturated rings. The molecule has 0 bridgehead atoms. The molecule has 0 aliphatic carbocycles. The molecule has 0 spiro atoms. The summed E-state index contributed by atoms with van der Waals surface area (Å²) >= 11 is 1.71. The fraction of sp³-hybridized carbons (Fsp3) is 0.389. The molecule has 1 saturated heterocycles. The van der Waals surface area contributed by atoms with Crippen LogP contribution < -0.4 is 5.73 Å². The number of nitrogens with zero attached hydrogens (tertiary/aromatic N) is 1. The Bertz CT molecular complexity index is 662. The van der Waals surface area contributed by atoms with Gasteiger partial charge in [-0.25, -0.2) is 0 Å². The lowest BCUT2D eigenvalue weighted by molar-refractivity contribution is 0.0710. The van der Waals surface area contributed by atoms with E-state index >= 15 is 0 Å². The van der Waals surface area contributed by atoms with E-state index in [-0.39, 0.29) is 24.4 Å². The van der Waals surface area contributed by atoms with Crippen LogP contribution in [0, 0.1) is 5.92 Å². The van der Waals surface area contributed by atoms with Crippen LogP contribution in [0.2, 0.25) is 0 Å². The molecule has 0 radical (unpaired) electrons. The third-order valence-corrected chi connectivity index (χ3v) is 5.39. The second-order valence-corrected chi connectivity index (χ2v) is 7.07. The van der Waals surface area contributed by atoms with Crippen molar-refractivity contribution < 1.29 is 9.21 Å². The number of likely N-dealkylation sites (tertiary alicyclic amines) is 1. The van der Waals surface area contributed by atoms with Gasteiger partial charge in [-0.3, -0.25) is 4.79 Å². The Hall–Kier alpha value is -1.43. The zero-order valence-corrected chi connectivity index (χ0v) is 15.3. The van der Waals surface area contributed by atoms with Crippen LogP contribution in [-0.2, 0) is 5.75 Å². The van der Waals surface area contributed by atoms with Gasteiger partial charge in [0.05, 0.1) is 6.26 Å². The number of rotatable bonds is 5. The highest BCUT2D eigenvalue weighted by Crippen LogP contribution is 2.28. The minimum absolute atomic E-state index is 0. The van der Waals surface area contributed by atoms with Gasteiger partial charge in [0.2, 0.25) is 0 Å². The first-order valence-electron chi connectivity index (χ1n) is 7.94. The molecule has 2 heterocycles. The van der Waals surface area contributed by atoms with E-state index in [1.165, 1.54) is 4.90 Å². The number of furan rings is 1. The lowest BCUT2D eigenvalue weighted by Crippen LogP contribution is -2.34. The summed E-state index contributed by atoms with van der Waals surface area (Å²) in [5.41, 5.74) is 6.71. The van der Waals surface area contributed by atoms with E-state index in [1.54, 1.807) is 18.0 Å². The highest BCUT2D eigenvalue weighted by molar-refractivity contribution is 7.98. The molecular formula is C18H23ClN2O2S. The van der Waals surface area contributed by atoms with E-state index in [0.717, 1.165) is 24.3 Å². The summed E-state index contributed by atoms with van der Waals surface area (Å²) in [4.78, 5) is 15.9. The second-order valence-electron chi connectivity index (χ2n) is 6.02. The molecular weight excluding hydrogens is 344 g/mol. The number of carbonyl (C=O) groups excluding carboxylic acids is 1. The maximum absolute atomic E-state index is 12.8. The number of nitrogens with two attached hydrogens (primary N) is 1. The summed E-state index contributed by atoms with van der Waals surface area (Å²) in [6.45, 7) is 3.43.